The summed E-state index contributed by atoms with van der Waals surface area (Å²) >= 11 is 0. The van der Waals surface area contributed by atoms with Crippen molar-refractivity contribution in [1.29, 1.82) is 0 Å². The summed E-state index contributed by atoms with van der Waals surface area (Å²) in [6.07, 6.45) is 18.9. The lowest BCUT2D eigenvalue weighted by molar-refractivity contribution is -0.147. The van der Waals surface area contributed by atoms with E-state index in [1.54, 1.807) is 0 Å². The van der Waals surface area contributed by atoms with E-state index in [0.29, 0.717) is 12.8 Å². The smallest absolute Gasteiger partial charge is 0.472 e. The van der Waals surface area contributed by atoms with Crippen LogP contribution in [-0.2, 0) is 32.7 Å². The van der Waals surface area contributed by atoms with Crippen molar-refractivity contribution >= 4 is 25.7 Å². The second-order valence-corrected chi connectivity index (χ2v) is 11.7. The summed E-state index contributed by atoms with van der Waals surface area (Å²) in [5.74, 6) is -2.40. The van der Waals surface area contributed by atoms with E-state index in [0.717, 1.165) is 64.2 Å². The Morgan fingerprint density at radius 2 is 1.27 bits per heavy atom. The maximum atomic E-state index is 12.1. The van der Waals surface area contributed by atoms with E-state index >= 15 is 0 Å². The van der Waals surface area contributed by atoms with Gasteiger partial charge in [0.05, 0.1) is 13.2 Å². The zero-order valence-electron chi connectivity index (χ0n) is 25.1. The molecule has 0 bridgehead atoms. The lowest BCUT2D eigenvalue weighted by Gasteiger charge is -2.18. The van der Waals surface area contributed by atoms with Crippen molar-refractivity contribution in [1.82, 2.24) is 5.32 Å². The Labute approximate surface area is 246 Å². The van der Waals surface area contributed by atoms with Gasteiger partial charge in [0, 0.05) is 12.8 Å². The zero-order chi connectivity index (χ0) is 30.8. The zero-order valence-corrected chi connectivity index (χ0v) is 26.0. The number of nitrogens with one attached hydrogen (secondary N) is 1. The third-order valence-electron chi connectivity index (χ3n) is 6.30. The van der Waals surface area contributed by atoms with Gasteiger partial charge in [-0.2, -0.15) is 0 Å². The standard InChI is InChI=1S/C29H54NO10P/c1-3-5-7-9-10-11-12-13-14-15-17-19-21-28(33)38-22-25(31)23-39-41(36,37)40-24-26(29(34)35)30-27(32)20-18-16-8-6-4-2/h10-11,25-26,31H,3-9,12-24H2,1-2H3,(H,30,32)(H,34,35)(H,36,37)/b11-10-. The van der Waals surface area contributed by atoms with Crippen molar-refractivity contribution in [2.75, 3.05) is 19.8 Å². The first-order chi connectivity index (χ1) is 19.6. The topological polar surface area (TPSA) is 169 Å². The van der Waals surface area contributed by atoms with Crippen LogP contribution in [0.1, 0.15) is 123 Å². The Kier molecular flexibility index (Phi) is 24.8. The highest BCUT2D eigenvalue weighted by Gasteiger charge is 2.28. The van der Waals surface area contributed by atoms with Crippen LogP contribution in [0.25, 0.3) is 0 Å². The molecule has 11 nitrogen and oxygen atoms in total. The predicted octanol–water partition coefficient (Wildman–Crippen LogP) is 5.82. The molecule has 0 heterocycles. The van der Waals surface area contributed by atoms with Crippen molar-refractivity contribution in [3.8, 4) is 0 Å². The van der Waals surface area contributed by atoms with E-state index in [4.69, 9.17) is 4.74 Å². The second-order valence-electron chi connectivity index (χ2n) is 10.3. The van der Waals surface area contributed by atoms with Gasteiger partial charge in [0.1, 0.15) is 12.7 Å². The summed E-state index contributed by atoms with van der Waals surface area (Å²) in [6.45, 7) is 2.38. The molecule has 0 aliphatic rings. The molecule has 3 atom stereocenters. The molecule has 0 aromatic rings. The number of aliphatic hydroxyl groups is 1. The number of allylic oxidation sites excluding steroid dienone is 2. The quantitative estimate of drug-likeness (QED) is 0.0368. The molecule has 240 valence electrons. The summed E-state index contributed by atoms with van der Waals surface area (Å²) in [4.78, 5) is 45.0. The number of carbonyl (C=O) groups is 3. The average Bonchev–Trinajstić information content (AvgIpc) is 2.93. The fourth-order valence-corrected chi connectivity index (χ4v) is 4.61. The number of phosphoric acid groups is 1. The molecule has 0 aliphatic carbocycles. The van der Waals surface area contributed by atoms with E-state index in [-0.39, 0.29) is 12.8 Å². The lowest BCUT2D eigenvalue weighted by Crippen LogP contribution is -2.43. The van der Waals surface area contributed by atoms with Gasteiger partial charge in [0.25, 0.3) is 0 Å². The van der Waals surface area contributed by atoms with E-state index < -0.39 is 57.6 Å². The molecule has 0 aromatic heterocycles. The number of rotatable bonds is 28. The number of aliphatic hydroxyl groups excluding tert-OH is 1. The SMILES string of the molecule is CCCCC/C=C\CCCCCCCC(=O)OCC(O)COP(=O)(O)OCC(NC(=O)CCCCCCC)C(=O)O. The van der Waals surface area contributed by atoms with Gasteiger partial charge in [0.2, 0.25) is 5.91 Å². The fraction of sp³-hybridized carbons (Fsp3) is 0.828. The van der Waals surface area contributed by atoms with Gasteiger partial charge in [-0.3, -0.25) is 18.6 Å². The Morgan fingerprint density at radius 1 is 0.756 bits per heavy atom. The number of hydrogen-bond acceptors (Lipinski definition) is 8. The summed E-state index contributed by atoms with van der Waals surface area (Å²) in [7, 11) is -4.73. The minimum Gasteiger partial charge on any atom is -0.480 e. The molecule has 0 rings (SSSR count). The number of phosphoric ester groups is 1. The van der Waals surface area contributed by atoms with E-state index in [1.807, 2.05) is 0 Å². The van der Waals surface area contributed by atoms with Crippen LogP contribution >= 0.6 is 7.82 Å². The van der Waals surface area contributed by atoms with Gasteiger partial charge in [-0.1, -0.05) is 83.8 Å². The van der Waals surface area contributed by atoms with Crippen LogP contribution in [-0.4, -0.2) is 64.9 Å². The highest BCUT2D eigenvalue weighted by molar-refractivity contribution is 7.47. The second kappa shape index (κ2) is 25.9. The number of hydrogen-bond donors (Lipinski definition) is 4. The minimum absolute atomic E-state index is 0.142. The van der Waals surface area contributed by atoms with Gasteiger partial charge in [0.15, 0.2) is 6.04 Å². The highest BCUT2D eigenvalue weighted by atomic mass is 31.2. The van der Waals surface area contributed by atoms with Gasteiger partial charge in [-0.25, -0.2) is 9.36 Å². The molecule has 0 fully saturated rings. The van der Waals surface area contributed by atoms with Gasteiger partial charge in [-0.05, 0) is 38.5 Å². The van der Waals surface area contributed by atoms with Crippen LogP contribution in [0.4, 0.5) is 0 Å². The molecule has 0 radical (unpaired) electrons. The minimum atomic E-state index is -4.73. The van der Waals surface area contributed by atoms with Crippen LogP contribution in [0.3, 0.4) is 0 Å². The molecular weight excluding hydrogens is 553 g/mol. The van der Waals surface area contributed by atoms with Gasteiger partial charge in [-0.15, -0.1) is 0 Å². The molecule has 41 heavy (non-hydrogen) atoms. The molecule has 4 N–H and O–H groups in total. The summed E-state index contributed by atoms with van der Waals surface area (Å²) < 4.78 is 26.4. The normalized spacial score (nSPS) is 14.4. The molecule has 12 heteroatoms. The molecule has 1 amide bonds. The predicted molar refractivity (Wildman–Crippen MR) is 157 cm³/mol. The molecule has 0 spiro atoms. The van der Waals surface area contributed by atoms with E-state index in [2.05, 4.69) is 40.4 Å². The Hall–Kier alpha value is -1.78. The van der Waals surface area contributed by atoms with Gasteiger partial charge < -0.3 is 25.2 Å². The maximum Gasteiger partial charge on any atom is 0.472 e. The number of carboxylic acids is 1. The Morgan fingerprint density at radius 3 is 1.90 bits per heavy atom. The monoisotopic (exact) mass is 607 g/mol. The van der Waals surface area contributed by atoms with Gasteiger partial charge >= 0.3 is 19.8 Å². The third kappa shape index (κ3) is 25.6. The van der Waals surface area contributed by atoms with E-state index in [1.165, 1.54) is 19.3 Å². The highest BCUT2D eigenvalue weighted by Crippen LogP contribution is 2.43. The number of amides is 1. The molecule has 0 aromatic carbocycles. The van der Waals surface area contributed by atoms with Crippen LogP contribution in [0.5, 0.6) is 0 Å². The third-order valence-corrected chi connectivity index (χ3v) is 7.26. The van der Waals surface area contributed by atoms with Crippen LogP contribution < -0.4 is 5.32 Å². The van der Waals surface area contributed by atoms with Crippen molar-refractivity contribution < 1.29 is 47.8 Å². The fourth-order valence-electron chi connectivity index (χ4n) is 3.84. The molecular formula is C29H54NO10P. The molecule has 3 unspecified atom stereocenters. The number of unbranched alkanes of at least 4 members (excludes halogenated alkanes) is 12. The van der Waals surface area contributed by atoms with Crippen molar-refractivity contribution in [2.24, 2.45) is 0 Å². The van der Waals surface area contributed by atoms with Crippen LogP contribution in [0.15, 0.2) is 12.2 Å². The number of carbonyl (C=O) groups excluding carboxylic acids is 2. The van der Waals surface area contributed by atoms with Crippen molar-refractivity contribution in [3.63, 3.8) is 0 Å². The van der Waals surface area contributed by atoms with Crippen molar-refractivity contribution in [3.05, 3.63) is 12.2 Å². The number of ether oxygens (including phenoxy) is 1. The number of aliphatic carboxylic acids is 1. The first-order valence-corrected chi connectivity index (χ1v) is 16.7. The molecule has 0 saturated carbocycles. The van der Waals surface area contributed by atoms with Crippen LogP contribution in [0, 0.1) is 0 Å². The van der Waals surface area contributed by atoms with Crippen LogP contribution in [0.2, 0.25) is 0 Å². The number of carboxylic acid groups (broad SMARTS) is 1. The van der Waals surface area contributed by atoms with Crippen molar-refractivity contribution in [2.45, 2.75) is 135 Å². The maximum absolute atomic E-state index is 12.1. The largest absolute Gasteiger partial charge is 0.480 e. The summed E-state index contributed by atoms with van der Waals surface area (Å²) in [5.41, 5.74) is 0. The molecule has 0 saturated heterocycles. The molecule has 0 aliphatic heterocycles. The summed E-state index contributed by atoms with van der Waals surface area (Å²) in [6, 6.07) is -1.54. The first kappa shape index (κ1) is 39.2. The Bertz CT molecular complexity index is 777. The number of esters is 1. The average molecular weight is 608 g/mol. The lowest BCUT2D eigenvalue weighted by atomic mass is 10.1. The Balaban J connectivity index is 4.02. The van der Waals surface area contributed by atoms with E-state index in [9.17, 15) is 34.1 Å². The summed E-state index contributed by atoms with van der Waals surface area (Å²) in [5, 5.41) is 21.4. The first-order valence-electron chi connectivity index (χ1n) is 15.2.